The van der Waals surface area contributed by atoms with Gasteiger partial charge in [0.05, 0.1) is 11.6 Å². The zero-order valence-corrected chi connectivity index (χ0v) is 41.6. The van der Waals surface area contributed by atoms with E-state index in [0.717, 1.165) is 29.6 Å². The second-order valence-electron chi connectivity index (χ2n) is 17.8. The summed E-state index contributed by atoms with van der Waals surface area (Å²) >= 11 is 0. The predicted molar refractivity (Wildman–Crippen MR) is 256 cm³/mol. The number of hydrogen-bond donors (Lipinski definition) is 0. The Labute approximate surface area is 371 Å². The number of hydrogen-bond acceptors (Lipinski definition) is 5. The number of pyridine rings is 1. The van der Waals surface area contributed by atoms with E-state index in [1.165, 1.54) is 53.5 Å². The van der Waals surface area contributed by atoms with Gasteiger partial charge in [-0.1, -0.05) is 50.2 Å². The van der Waals surface area contributed by atoms with Crippen LogP contribution in [0.15, 0.2) is 59.4 Å². The first-order chi connectivity index (χ1) is 28.3. The van der Waals surface area contributed by atoms with Crippen molar-refractivity contribution in [1.29, 1.82) is 5.26 Å². The van der Waals surface area contributed by atoms with Crippen LogP contribution in [0, 0.1) is 32.1 Å². The molecule has 0 bridgehead atoms. The molecule has 61 heavy (non-hydrogen) atoms. The number of carbonyl (C=O) groups is 3. The third-order valence-electron chi connectivity index (χ3n) is 11.0. The summed E-state index contributed by atoms with van der Waals surface area (Å²) in [5.41, 5.74) is 8.95. The Morgan fingerprint density at radius 1 is 0.689 bits per heavy atom. The van der Waals surface area contributed by atoms with Gasteiger partial charge in [0.2, 0.25) is 23.3 Å². The minimum Gasteiger partial charge on any atom is -0.344 e. The van der Waals surface area contributed by atoms with E-state index < -0.39 is 0 Å². The molecule has 2 aliphatic carbocycles. The fourth-order valence-corrected chi connectivity index (χ4v) is 7.00. The normalized spacial score (nSPS) is 12.5. The summed E-state index contributed by atoms with van der Waals surface area (Å²) in [7, 11) is 3.64. The van der Waals surface area contributed by atoms with Crippen LogP contribution in [0.25, 0.3) is 0 Å². The van der Waals surface area contributed by atoms with E-state index in [1.807, 2.05) is 110 Å². The summed E-state index contributed by atoms with van der Waals surface area (Å²) < 4.78 is 1.73. The molecule has 2 fully saturated rings. The molecule has 0 atom stereocenters. The van der Waals surface area contributed by atoms with Crippen molar-refractivity contribution >= 4 is 17.7 Å². The van der Waals surface area contributed by atoms with Crippen LogP contribution >= 0.6 is 0 Å². The van der Waals surface area contributed by atoms with Gasteiger partial charge in [-0.15, -0.1) is 0 Å². The standard InChI is InChI=1S/C11H11N.C10H13NO.C10H14.C8H17NO.C7H15NO.C6H13NO/c1-8-2-3-9(7-12)6-11(8)10-4-5-10;1-7-9(8-3-4-8)5-6-10(12)11(7)2;1-8(2)10-7-5-4-6-9(10)3;1-6(2)9(7(3)4)8(5)10;1-5-8(6(2)3)7(4)9;1-5(2)7(4)6(3)8/h2-3,6,10H,4-5H2,1H3;5-6,8H,3-4H2,1-2H3;4-8H,1-3H3;6-7H,1-5H3;6H,5H2,1-4H3;5H,1-4H3. The summed E-state index contributed by atoms with van der Waals surface area (Å²) in [5, 5.41) is 8.71. The predicted octanol–water partition coefficient (Wildman–Crippen LogP) is 11.2. The Morgan fingerprint density at radius 2 is 1.20 bits per heavy atom. The van der Waals surface area contributed by atoms with Gasteiger partial charge in [0, 0.05) is 77.3 Å². The lowest BCUT2D eigenvalue weighted by Crippen LogP contribution is -2.40. The van der Waals surface area contributed by atoms with Crippen LogP contribution in [-0.2, 0) is 21.4 Å². The number of amides is 3. The van der Waals surface area contributed by atoms with Gasteiger partial charge in [-0.2, -0.15) is 5.26 Å². The quantitative estimate of drug-likeness (QED) is 0.224. The first-order valence-corrected chi connectivity index (χ1v) is 22.4. The summed E-state index contributed by atoms with van der Waals surface area (Å²) in [6.45, 7) is 34.5. The molecule has 0 spiro atoms. The molecule has 0 unspecified atom stereocenters. The van der Waals surface area contributed by atoms with E-state index in [0.29, 0.717) is 30.1 Å². The first kappa shape index (κ1) is 56.3. The number of carbonyl (C=O) groups excluding carboxylic acids is 3. The summed E-state index contributed by atoms with van der Waals surface area (Å²) in [5.74, 6) is 2.58. The van der Waals surface area contributed by atoms with E-state index in [4.69, 9.17) is 5.26 Å². The maximum atomic E-state index is 11.2. The average molecular weight is 842 g/mol. The Hall–Kier alpha value is -4.71. The molecule has 9 heteroatoms. The molecule has 3 amide bonds. The lowest BCUT2D eigenvalue weighted by molar-refractivity contribution is -0.132. The van der Waals surface area contributed by atoms with Crippen molar-refractivity contribution in [3.63, 3.8) is 0 Å². The van der Waals surface area contributed by atoms with E-state index >= 15 is 0 Å². The Balaban J connectivity index is 0.000000713. The largest absolute Gasteiger partial charge is 0.344 e. The van der Waals surface area contributed by atoms with Crippen LogP contribution in [0.1, 0.15) is 179 Å². The molecule has 2 aromatic carbocycles. The molecule has 5 rings (SSSR count). The van der Waals surface area contributed by atoms with E-state index in [9.17, 15) is 19.2 Å². The zero-order valence-electron chi connectivity index (χ0n) is 41.6. The van der Waals surface area contributed by atoms with Gasteiger partial charge in [0.1, 0.15) is 0 Å². The van der Waals surface area contributed by atoms with Crippen LogP contribution in [0.2, 0.25) is 0 Å². The molecule has 3 aromatic rings. The minimum absolute atomic E-state index is 0.0944. The maximum Gasteiger partial charge on any atom is 0.250 e. The third kappa shape index (κ3) is 21.1. The summed E-state index contributed by atoms with van der Waals surface area (Å²) in [6, 6.07) is 21.6. The smallest absolute Gasteiger partial charge is 0.250 e. The number of rotatable bonds is 8. The molecule has 2 saturated carbocycles. The Bertz CT molecular complexity index is 1890. The fourth-order valence-electron chi connectivity index (χ4n) is 7.00. The highest BCUT2D eigenvalue weighted by Crippen LogP contribution is 2.42. The molecular formula is C52H83N5O4. The number of nitriles is 1. The molecule has 0 aliphatic heterocycles. The van der Waals surface area contributed by atoms with Crippen LogP contribution in [0.5, 0.6) is 0 Å². The number of aryl methyl sites for hydroxylation is 2. The highest BCUT2D eigenvalue weighted by atomic mass is 16.2. The molecule has 2 aliphatic rings. The van der Waals surface area contributed by atoms with Crippen molar-refractivity contribution in [1.82, 2.24) is 19.3 Å². The lowest BCUT2D eigenvalue weighted by Gasteiger charge is -2.29. The SMILES string of the molecule is CC(=O)N(C(C)C)C(C)C.CC(=O)N(C)C(C)C.CCN(C(C)=O)C(C)C.Cc1c(C2CC2)ccc(=O)n1C.Cc1ccc(C#N)cc1C1CC1.Cc1ccccc1C(C)C. The van der Waals surface area contributed by atoms with Gasteiger partial charge in [0.15, 0.2) is 0 Å². The van der Waals surface area contributed by atoms with Crippen molar-refractivity contribution in [2.45, 2.75) is 185 Å². The van der Waals surface area contributed by atoms with Gasteiger partial charge in [-0.05, 0) is 166 Å². The van der Waals surface area contributed by atoms with Gasteiger partial charge in [-0.3, -0.25) is 19.2 Å². The molecule has 1 aromatic heterocycles. The van der Waals surface area contributed by atoms with Crippen LogP contribution in [0.4, 0.5) is 0 Å². The number of benzene rings is 2. The van der Waals surface area contributed by atoms with E-state index in [2.05, 4.69) is 58.0 Å². The van der Waals surface area contributed by atoms with E-state index in [-0.39, 0.29) is 23.3 Å². The summed E-state index contributed by atoms with van der Waals surface area (Å²) in [4.78, 5) is 48.8. The second kappa shape index (κ2) is 28.0. The molecule has 0 saturated heterocycles. The van der Waals surface area contributed by atoms with Crippen molar-refractivity contribution in [2.75, 3.05) is 13.6 Å². The average Bonchev–Trinajstić information content (AvgIpc) is 4.10. The van der Waals surface area contributed by atoms with Gasteiger partial charge < -0.3 is 19.3 Å². The Kier molecular flexibility index (Phi) is 25.8. The molecule has 9 nitrogen and oxygen atoms in total. The molecule has 0 N–H and O–H groups in total. The van der Waals surface area contributed by atoms with Gasteiger partial charge >= 0.3 is 0 Å². The summed E-state index contributed by atoms with van der Waals surface area (Å²) in [6.07, 6.45) is 5.18. The molecule has 1 heterocycles. The molecule has 0 radical (unpaired) electrons. The van der Waals surface area contributed by atoms with Crippen LogP contribution in [0.3, 0.4) is 0 Å². The zero-order chi connectivity index (χ0) is 47.3. The van der Waals surface area contributed by atoms with Gasteiger partial charge in [-0.25, -0.2) is 0 Å². The second-order valence-corrected chi connectivity index (χ2v) is 17.8. The molecular weight excluding hydrogens is 759 g/mol. The third-order valence-corrected chi connectivity index (χ3v) is 11.0. The monoisotopic (exact) mass is 842 g/mol. The highest BCUT2D eigenvalue weighted by Gasteiger charge is 2.26. The van der Waals surface area contributed by atoms with Crippen molar-refractivity contribution in [2.24, 2.45) is 7.05 Å². The lowest BCUT2D eigenvalue weighted by atomic mass is 9.99. The van der Waals surface area contributed by atoms with Crippen LogP contribution < -0.4 is 5.56 Å². The van der Waals surface area contributed by atoms with Crippen molar-refractivity contribution in [3.05, 3.63) is 104 Å². The topological polar surface area (TPSA) is 107 Å². The molecule has 340 valence electrons. The Morgan fingerprint density at radius 3 is 1.49 bits per heavy atom. The van der Waals surface area contributed by atoms with Crippen molar-refractivity contribution in [3.8, 4) is 6.07 Å². The number of nitrogens with zero attached hydrogens (tertiary/aromatic N) is 5. The van der Waals surface area contributed by atoms with Crippen molar-refractivity contribution < 1.29 is 14.4 Å². The highest BCUT2D eigenvalue weighted by molar-refractivity contribution is 5.74. The van der Waals surface area contributed by atoms with Crippen LogP contribution in [-0.4, -0.2) is 74.7 Å². The fraction of sp³-hybridized carbons (Fsp3) is 0.596. The van der Waals surface area contributed by atoms with E-state index in [1.54, 1.807) is 43.4 Å². The maximum absolute atomic E-state index is 11.2. The van der Waals surface area contributed by atoms with Gasteiger partial charge in [0.25, 0.3) is 0 Å². The number of aromatic nitrogens is 1. The first-order valence-electron chi connectivity index (χ1n) is 22.4. The minimum atomic E-state index is 0.0944.